The number of halogens is 2. The topological polar surface area (TPSA) is 46.3 Å². The van der Waals surface area contributed by atoms with E-state index < -0.39 is 0 Å². The molecule has 20 heavy (non-hydrogen) atoms. The number of rotatable bonds is 3. The number of nitrogens with zero attached hydrogens (tertiary/aromatic N) is 1. The van der Waals surface area contributed by atoms with Gasteiger partial charge in [-0.15, -0.1) is 11.3 Å². The highest BCUT2D eigenvalue weighted by atomic mass is 79.9. The Morgan fingerprint density at radius 1 is 1.35 bits per heavy atom. The van der Waals surface area contributed by atoms with E-state index in [9.17, 15) is 4.79 Å². The standard InChI is InChI=1S/C13H10Br2N2OS2/c1-17(9-5-3-2-4-7(9)12(16)19)13(18)10-6-8(14)11(15)20-10/h2-6H,1H3,(H2,16,19). The zero-order valence-electron chi connectivity index (χ0n) is 10.4. The van der Waals surface area contributed by atoms with Crippen LogP contribution in [0.4, 0.5) is 5.69 Å². The minimum Gasteiger partial charge on any atom is -0.389 e. The third-order valence-electron chi connectivity index (χ3n) is 2.69. The number of benzene rings is 1. The van der Waals surface area contributed by atoms with Crippen LogP contribution >= 0.6 is 55.4 Å². The number of hydrogen-bond acceptors (Lipinski definition) is 3. The van der Waals surface area contributed by atoms with E-state index in [1.54, 1.807) is 18.0 Å². The fourth-order valence-corrected chi connectivity index (χ4v) is 3.89. The lowest BCUT2D eigenvalue weighted by Gasteiger charge is -2.19. The van der Waals surface area contributed by atoms with E-state index in [1.165, 1.54) is 11.3 Å². The van der Waals surface area contributed by atoms with Crippen LogP contribution in [-0.4, -0.2) is 17.9 Å². The zero-order chi connectivity index (χ0) is 14.9. The van der Waals surface area contributed by atoms with E-state index >= 15 is 0 Å². The highest BCUT2D eigenvalue weighted by Gasteiger charge is 2.19. The molecule has 0 unspecified atom stereocenters. The first-order chi connectivity index (χ1) is 9.41. The summed E-state index contributed by atoms with van der Waals surface area (Å²) in [4.78, 5) is 15.0. The summed E-state index contributed by atoms with van der Waals surface area (Å²) < 4.78 is 1.75. The molecule has 7 heteroatoms. The van der Waals surface area contributed by atoms with Gasteiger partial charge in [0.2, 0.25) is 0 Å². The van der Waals surface area contributed by atoms with Crippen LogP contribution in [0.25, 0.3) is 0 Å². The van der Waals surface area contributed by atoms with Gasteiger partial charge >= 0.3 is 0 Å². The number of thiocarbonyl (C=S) groups is 1. The summed E-state index contributed by atoms with van der Waals surface area (Å²) in [6.45, 7) is 0. The van der Waals surface area contributed by atoms with Crippen molar-refractivity contribution in [3.05, 3.63) is 49.0 Å². The molecule has 0 fully saturated rings. The van der Waals surface area contributed by atoms with Gasteiger partial charge in [-0.25, -0.2) is 0 Å². The fourth-order valence-electron chi connectivity index (χ4n) is 1.70. The molecule has 1 amide bonds. The van der Waals surface area contributed by atoms with Crippen LogP contribution in [0.5, 0.6) is 0 Å². The summed E-state index contributed by atoms with van der Waals surface area (Å²) in [6, 6.07) is 9.11. The molecular weight excluding hydrogens is 424 g/mol. The first-order valence-corrected chi connectivity index (χ1v) is 8.34. The molecule has 1 heterocycles. The molecule has 1 aromatic carbocycles. The molecule has 2 aromatic rings. The van der Waals surface area contributed by atoms with Crippen LogP contribution in [0.3, 0.4) is 0 Å². The van der Waals surface area contributed by atoms with Gasteiger partial charge in [-0.1, -0.05) is 24.4 Å². The Labute approximate surface area is 143 Å². The van der Waals surface area contributed by atoms with Crippen molar-refractivity contribution >= 4 is 72.0 Å². The van der Waals surface area contributed by atoms with E-state index in [-0.39, 0.29) is 10.9 Å². The molecule has 0 radical (unpaired) electrons. The van der Waals surface area contributed by atoms with E-state index in [0.29, 0.717) is 16.1 Å². The van der Waals surface area contributed by atoms with Gasteiger partial charge < -0.3 is 10.6 Å². The molecular formula is C13H10Br2N2OS2. The zero-order valence-corrected chi connectivity index (χ0v) is 15.2. The van der Waals surface area contributed by atoms with Gasteiger partial charge in [0, 0.05) is 17.1 Å². The molecule has 0 atom stereocenters. The second-order valence-electron chi connectivity index (χ2n) is 3.98. The maximum Gasteiger partial charge on any atom is 0.268 e. The Balaban J connectivity index is 2.38. The minimum absolute atomic E-state index is 0.106. The molecule has 0 aliphatic carbocycles. The second kappa shape index (κ2) is 6.34. The fraction of sp³-hybridized carbons (Fsp3) is 0.0769. The Bertz CT molecular complexity index is 665. The van der Waals surface area contributed by atoms with Gasteiger partial charge in [0.1, 0.15) is 4.99 Å². The molecule has 0 bridgehead atoms. The summed E-state index contributed by atoms with van der Waals surface area (Å²) in [7, 11) is 1.71. The highest BCUT2D eigenvalue weighted by molar-refractivity contribution is 9.13. The molecule has 0 saturated carbocycles. The average molecular weight is 434 g/mol. The third kappa shape index (κ3) is 3.11. The molecule has 0 aliphatic rings. The number of anilines is 1. The van der Waals surface area contributed by atoms with Crippen molar-refractivity contribution in [1.82, 2.24) is 0 Å². The van der Waals surface area contributed by atoms with Crippen LogP contribution in [0, 0.1) is 0 Å². The summed E-state index contributed by atoms with van der Waals surface area (Å²) >= 11 is 13.2. The lowest BCUT2D eigenvalue weighted by atomic mass is 10.1. The maximum absolute atomic E-state index is 12.5. The maximum atomic E-state index is 12.5. The van der Waals surface area contributed by atoms with Crippen molar-refractivity contribution in [2.45, 2.75) is 0 Å². The van der Waals surface area contributed by atoms with E-state index in [4.69, 9.17) is 18.0 Å². The molecule has 0 spiro atoms. The molecule has 1 aromatic heterocycles. The van der Waals surface area contributed by atoms with E-state index in [0.717, 1.165) is 8.26 Å². The Kier molecular flexibility index (Phi) is 4.95. The predicted octanol–water partition coefficient (Wildman–Crippen LogP) is 4.18. The smallest absolute Gasteiger partial charge is 0.268 e. The Morgan fingerprint density at radius 2 is 2.00 bits per heavy atom. The molecule has 0 aliphatic heterocycles. The first kappa shape index (κ1) is 15.6. The summed E-state index contributed by atoms with van der Waals surface area (Å²) in [5, 5.41) is 0. The molecule has 2 N–H and O–H groups in total. The van der Waals surface area contributed by atoms with Crippen molar-refractivity contribution in [1.29, 1.82) is 0 Å². The predicted molar refractivity (Wildman–Crippen MR) is 94.8 cm³/mol. The SMILES string of the molecule is CN(C(=O)c1cc(Br)c(Br)s1)c1ccccc1C(N)=S. The molecule has 104 valence electrons. The number of hydrogen-bond donors (Lipinski definition) is 1. The number of thiophene rings is 1. The van der Waals surface area contributed by atoms with Gasteiger partial charge in [0.25, 0.3) is 5.91 Å². The molecule has 0 saturated heterocycles. The van der Waals surface area contributed by atoms with E-state index in [1.807, 2.05) is 24.3 Å². The van der Waals surface area contributed by atoms with Crippen LogP contribution in [0.1, 0.15) is 15.2 Å². The molecule has 2 rings (SSSR count). The summed E-state index contributed by atoms with van der Waals surface area (Å²) in [6.07, 6.45) is 0. The van der Waals surface area contributed by atoms with Gasteiger partial charge in [0.05, 0.1) is 14.4 Å². The number of amides is 1. The van der Waals surface area contributed by atoms with Crippen LogP contribution in [-0.2, 0) is 0 Å². The van der Waals surface area contributed by atoms with Crippen molar-refractivity contribution in [3.63, 3.8) is 0 Å². The second-order valence-corrected chi connectivity index (χ2v) is 7.64. The van der Waals surface area contributed by atoms with Crippen LogP contribution in [0.2, 0.25) is 0 Å². The van der Waals surface area contributed by atoms with Crippen molar-refractivity contribution < 1.29 is 4.79 Å². The van der Waals surface area contributed by atoms with Gasteiger partial charge in [0.15, 0.2) is 0 Å². The van der Waals surface area contributed by atoms with Crippen molar-refractivity contribution in [2.24, 2.45) is 5.73 Å². The van der Waals surface area contributed by atoms with Crippen molar-refractivity contribution in [3.8, 4) is 0 Å². The molecule has 3 nitrogen and oxygen atoms in total. The summed E-state index contributed by atoms with van der Waals surface area (Å²) in [5.74, 6) is -0.106. The number of carbonyl (C=O) groups excluding carboxylic acids is 1. The number of nitrogens with two attached hydrogens (primary N) is 1. The lowest BCUT2D eigenvalue weighted by molar-refractivity contribution is 0.0997. The van der Waals surface area contributed by atoms with Crippen LogP contribution < -0.4 is 10.6 Å². The van der Waals surface area contributed by atoms with E-state index in [2.05, 4.69) is 31.9 Å². The van der Waals surface area contributed by atoms with Gasteiger partial charge in [-0.3, -0.25) is 4.79 Å². The van der Waals surface area contributed by atoms with Gasteiger partial charge in [-0.2, -0.15) is 0 Å². The first-order valence-electron chi connectivity index (χ1n) is 5.53. The Morgan fingerprint density at radius 3 is 2.55 bits per heavy atom. The lowest BCUT2D eigenvalue weighted by Crippen LogP contribution is -2.28. The van der Waals surface area contributed by atoms with Crippen LogP contribution in [0.15, 0.2) is 38.6 Å². The quantitative estimate of drug-likeness (QED) is 0.738. The normalized spacial score (nSPS) is 10.3. The minimum atomic E-state index is -0.106. The number of carbonyl (C=O) groups is 1. The highest BCUT2D eigenvalue weighted by Crippen LogP contribution is 2.33. The average Bonchev–Trinajstić information content (AvgIpc) is 2.77. The Hall–Kier alpha value is -0.760. The largest absolute Gasteiger partial charge is 0.389 e. The van der Waals surface area contributed by atoms with Gasteiger partial charge in [-0.05, 0) is 50.1 Å². The third-order valence-corrected chi connectivity index (χ3v) is 6.16. The summed E-state index contributed by atoms with van der Waals surface area (Å²) in [5.41, 5.74) is 7.09. The monoisotopic (exact) mass is 432 g/mol. The number of para-hydroxylation sites is 1. The van der Waals surface area contributed by atoms with Crippen molar-refractivity contribution in [2.75, 3.05) is 11.9 Å².